The summed E-state index contributed by atoms with van der Waals surface area (Å²) in [5, 5.41) is 12.4. The normalized spacial score (nSPS) is 18.6. The van der Waals surface area contributed by atoms with Crippen molar-refractivity contribution in [3.05, 3.63) is 23.8 Å². The number of ether oxygens (including phenoxy) is 2. The summed E-state index contributed by atoms with van der Waals surface area (Å²) in [6.45, 7) is 1.48. The first-order valence-corrected chi connectivity index (χ1v) is 7.09. The Morgan fingerprint density at radius 3 is 2.89 bits per heavy atom. The van der Waals surface area contributed by atoms with Crippen molar-refractivity contribution >= 4 is 0 Å². The van der Waals surface area contributed by atoms with E-state index < -0.39 is 0 Å². The molecule has 1 aliphatic heterocycles. The molecule has 2 aliphatic rings. The Bertz CT molecular complexity index is 431. The molecule has 2 N–H and O–H groups in total. The van der Waals surface area contributed by atoms with E-state index in [4.69, 9.17) is 14.6 Å². The van der Waals surface area contributed by atoms with Crippen LogP contribution in [0.2, 0.25) is 0 Å². The molecule has 4 heteroatoms. The minimum Gasteiger partial charge on any atom is -0.454 e. The molecule has 0 radical (unpaired) electrons. The van der Waals surface area contributed by atoms with Gasteiger partial charge in [-0.25, -0.2) is 0 Å². The van der Waals surface area contributed by atoms with Crippen LogP contribution >= 0.6 is 0 Å². The number of nitrogens with one attached hydrogen (secondary N) is 1. The monoisotopic (exact) mass is 263 g/mol. The Morgan fingerprint density at radius 1 is 1.26 bits per heavy atom. The Hall–Kier alpha value is -1.26. The molecule has 3 rings (SSSR count). The van der Waals surface area contributed by atoms with Gasteiger partial charge in [0.05, 0.1) is 0 Å². The fourth-order valence-corrected chi connectivity index (χ4v) is 2.59. The zero-order valence-corrected chi connectivity index (χ0v) is 11.1. The number of benzene rings is 1. The molecule has 0 amide bonds. The van der Waals surface area contributed by atoms with E-state index in [0.717, 1.165) is 36.8 Å². The van der Waals surface area contributed by atoms with E-state index in [1.54, 1.807) is 0 Å². The first-order valence-electron chi connectivity index (χ1n) is 7.09. The summed E-state index contributed by atoms with van der Waals surface area (Å²) >= 11 is 0. The van der Waals surface area contributed by atoms with Gasteiger partial charge in [0.25, 0.3) is 0 Å². The predicted octanol–water partition coefficient (Wildman–Crippen LogP) is 1.71. The van der Waals surface area contributed by atoms with Gasteiger partial charge in [0.15, 0.2) is 11.5 Å². The number of aliphatic hydroxyl groups excluding tert-OH is 1. The predicted molar refractivity (Wildman–Crippen MR) is 72.5 cm³/mol. The van der Waals surface area contributed by atoms with E-state index >= 15 is 0 Å². The molecule has 104 valence electrons. The zero-order valence-electron chi connectivity index (χ0n) is 11.1. The average molecular weight is 263 g/mol. The first-order chi connectivity index (χ1) is 9.36. The molecule has 1 heterocycles. The van der Waals surface area contributed by atoms with Crippen molar-refractivity contribution in [1.82, 2.24) is 5.32 Å². The number of hydrogen-bond acceptors (Lipinski definition) is 4. The molecule has 1 atom stereocenters. The lowest BCUT2D eigenvalue weighted by Crippen LogP contribution is -2.34. The van der Waals surface area contributed by atoms with E-state index in [-0.39, 0.29) is 6.61 Å². The summed E-state index contributed by atoms with van der Waals surface area (Å²) in [6.07, 6.45) is 4.49. The lowest BCUT2D eigenvalue weighted by Gasteiger charge is -2.18. The summed E-state index contributed by atoms with van der Waals surface area (Å²) in [4.78, 5) is 0. The highest BCUT2D eigenvalue weighted by atomic mass is 16.7. The van der Waals surface area contributed by atoms with Crippen molar-refractivity contribution < 1.29 is 14.6 Å². The maximum atomic E-state index is 8.86. The minimum atomic E-state index is 0.258. The van der Waals surface area contributed by atoms with Crippen LogP contribution in [0.1, 0.15) is 24.8 Å². The number of aliphatic hydroxyl groups is 1. The lowest BCUT2D eigenvalue weighted by molar-refractivity contribution is 0.174. The molecule has 0 aromatic heterocycles. The molecule has 1 unspecified atom stereocenters. The van der Waals surface area contributed by atoms with E-state index in [0.29, 0.717) is 12.8 Å². The molecule has 19 heavy (non-hydrogen) atoms. The van der Waals surface area contributed by atoms with Gasteiger partial charge in [-0.2, -0.15) is 0 Å². The topological polar surface area (TPSA) is 50.7 Å². The Balaban J connectivity index is 1.61. The van der Waals surface area contributed by atoms with Crippen LogP contribution in [-0.4, -0.2) is 31.1 Å². The molecule has 4 nitrogen and oxygen atoms in total. The van der Waals surface area contributed by atoms with Crippen molar-refractivity contribution in [2.24, 2.45) is 5.92 Å². The van der Waals surface area contributed by atoms with Crippen LogP contribution in [-0.2, 0) is 6.42 Å². The molecule has 0 spiro atoms. The molecule has 1 aromatic rings. The van der Waals surface area contributed by atoms with Crippen LogP contribution in [0.15, 0.2) is 18.2 Å². The number of fused-ring (bicyclic) bond motifs is 1. The minimum absolute atomic E-state index is 0.258. The van der Waals surface area contributed by atoms with Crippen molar-refractivity contribution in [2.45, 2.75) is 31.7 Å². The van der Waals surface area contributed by atoms with E-state index in [1.807, 2.05) is 6.07 Å². The summed E-state index contributed by atoms with van der Waals surface area (Å²) < 4.78 is 10.8. The van der Waals surface area contributed by atoms with Gasteiger partial charge < -0.3 is 19.9 Å². The van der Waals surface area contributed by atoms with Crippen LogP contribution in [0.4, 0.5) is 0 Å². The third-order valence-electron chi connectivity index (χ3n) is 3.83. The van der Waals surface area contributed by atoms with Gasteiger partial charge in [-0.3, -0.25) is 0 Å². The van der Waals surface area contributed by atoms with Crippen molar-refractivity contribution in [2.75, 3.05) is 19.9 Å². The SMILES string of the molecule is OCCCNC(Cc1ccc2c(c1)OCO2)C1CC1. The van der Waals surface area contributed by atoms with Crippen LogP contribution in [0.25, 0.3) is 0 Å². The molecule has 1 aromatic carbocycles. The van der Waals surface area contributed by atoms with Gasteiger partial charge in [-0.15, -0.1) is 0 Å². The third kappa shape index (κ3) is 3.19. The summed E-state index contributed by atoms with van der Waals surface area (Å²) in [5.41, 5.74) is 1.29. The fourth-order valence-electron chi connectivity index (χ4n) is 2.59. The fraction of sp³-hybridized carbons (Fsp3) is 0.600. The van der Waals surface area contributed by atoms with Gasteiger partial charge in [0.2, 0.25) is 6.79 Å². The quantitative estimate of drug-likeness (QED) is 0.735. The highest BCUT2D eigenvalue weighted by Crippen LogP contribution is 2.36. The second-order valence-corrected chi connectivity index (χ2v) is 5.37. The highest BCUT2D eigenvalue weighted by molar-refractivity contribution is 5.44. The van der Waals surface area contributed by atoms with E-state index in [9.17, 15) is 0 Å². The molecular weight excluding hydrogens is 242 g/mol. The van der Waals surface area contributed by atoms with Gasteiger partial charge >= 0.3 is 0 Å². The number of rotatable bonds is 7. The van der Waals surface area contributed by atoms with Gasteiger partial charge in [0.1, 0.15) is 0 Å². The summed E-state index contributed by atoms with van der Waals surface area (Å²) in [6, 6.07) is 6.73. The average Bonchev–Trinajstić information content (AvgIpc) is 3.16. The van der Waals surface area contributed by atoms with E-state index in [2.05, 4.69) is 17.4 Å². The van der Waals surface area contributed by atoms with Crippen LogP contribution in [0.5, 0.6) is 11.5 Å². The van der Waals surface area contributed by atoms with E-state index in [1.165, 1.54) is 18.4 Å². The van der Waals surface area contributed by atoms with Crippen LogP contribution in [0, 0.1) is 5.92 Å². The molecular formula is C15H21NO3. The first kappa shape index (κ1) is 12.8. The summed E-state index contributed by atoms with van der Waals surface area (Å²) in [7, 11) is 0. The molecule has 0 saturated heterocycles. The second-order valence-electron chi connectivity index (χ2n) is 5.37. The lowest BCUT2D eigenvalue weighted by atomic mass is 10.0. The second kappa shape index (κ2) is 5.80. The maximum absolute atomic E-state index is 8.86. The molecule has 0 bridgehead atoms. The molecule has 1 fully saturated rings. The molecule has 1 saturated carbocycles. The smallest absolute Gasteiger partial charge is 0.231 e. The van der Waals surface area contributed by atoms with Crippen LogP contribution in [0.3, 0.4) is 0 Å². The van der Waals surface area contributed by atoms with Gasteiger partial charge in [-0.1, -0.05) is 6.07 Å². The van der Waals surface area contributed by atoms with Crippen LogP contribution < -0.4 is 14.8 Å². The highest BCUT2D eigenvalue weighted by Gasteiger charge is 2.31. The number of hydrogen-bond donors (Lipinski definition) is 2. The Morgan fingerprint density at radius 2 is 2.11 bits per heavy atom. The molecule has 1 aliphatic carbocycles. The van der Waals surface area contributed by atoms with Crippen molar-refractivity contribution in [3.63, 3.8) is 0 Å². The van der Waals surface area contributed by atoms with Crippen molar-refractivity contribution in [3.8, 4) is 11.5 Å². The van der Waals surface area contributed by atoms with Gasteiger partial charge in [-0.05, 0) is 55.8 Å². The standard InChI is InChI=1S/C15H21NO3/c17-7-1-6-16-13(12-3-4-12)8-11-2-5-14-15(9-11)19-10-18-14/h2,5,9,12-13,16-17H,1,3-4,6-8,10H2. The summed E-state index contributed by atoms with van der Waals surface area (Å²) in [5.74, 6) is 2.51. The van der Waals surface area contributed by atoms with Gasteiger partial charge in [0, 0.05) is 12.6 Å². The Labute approximate surface area is 113 Å². The van der Waals surface area contributed by atoms with Crippen molar-refractivity contribution in [1.29, 1.82) is 0 Å². The third-order valence-corrected chi connectivity index (χ3v) is 3.83. The zero-order chi connectivity index (χ0) is 13.1. The largest absolute Gasteiger partial charge is 0.454 e. The maximum Gasteiger partial charge on any atom is 0.231 e. The Kier molecular flexibility index (Phi) is 3.89.